The molecule has 1 aromatic carbocycles. The first-order valence-corrected chi connectivity index (χ1v) is 8.27. The van der Waals surface area contributed by atoms with E-state index in [1.807, 2.05) is 32.0 Å². The quantitative estimate of drug-likeness (QED) is 0.790. The van der Waals surface area contributed by atoms with Gasteiger partial charge in [0.05, 0.1) is 25.6 Å². The molecule has 24 heavy (non-hydrogen) atoms. The maximum atomic E-state index is 12.0. The second-order valence-electron chi connectivity index (χ2n) is 5.18. The molecule has 0 spiro atoms. The predicted octanol–water partition coefficient (Wildman–Crippen LogP) is 3.33. The van der Waals surface area contributed by atoms with E-state index >= 15 is 0 Å². The van der Waals surface area contributed by atoms with Crippen LogP contribution in [0.1, 0.15) is 25.8 Å². The molecule has 0 unspecified atom stereocenters. The topological polar surface area (TPSA) is 65.4 Å². The number of ether oxygens (including phenoxy) is 2. The molecule has 2 aromatic rings. The van der Waals surface area contributed by atoms with Gasteiger partial charge in [-0.2, -0.15) is 5.10 Å². The monoisotopic (exact) mass is 351 g/mol. The van der Waals surface area contributed by atoms with Crippen molar-refractivity contribution in [1.82, 2.24) is 9.78 Å². The summed E-state index contributed by atoms with van der Waals surface area (Å²) in [4.78, 5) is 12.0. The van der Waals surface area contributed by atoms with E-state index in [0.717, 1.165) is 12.0 Å². The second-order valence-corrected chi connectivity index (χ2v) is 5.56. The highest BCUT2D eigenvalue weighted by Gasteiger charge is 2.09. The van der Waals surface area contributed by atoms with Gasteiger partial charge in [0.25, 0.3) is 5.56 Å². The summed E-state index contributed by atoms with van der Waals surface area (Å²) in [6.45, 7) is 5.48. The molecule has 0 saturated carbocycles. The Morgan fingerprint density at radius 3 is 2.75 bits per heavy atom. The number of rotatable bonds is 8. The lowest BCUT2D eigenvalue weighted by Gasteiger charge is -2.13. The van der Waals surface area contributed by atoms with Crippen LogP contribution in [-0.2, 0) is 13.1 Å². The molecule has 0 amide bonds. The Morgan fingerprint density at radius 1 is 1.29 bits per heavy atom. The van der Waals surface area contributed by atoms with Crippen molar-refractivity contribution in [3.63, 3.8) is 0 Å². The van der Waals surface area contributed by atoms with Crippen LogP contribution in [0.25, 0.3) is 0 Å². The first-order valence-electron chi connectivity index (χ1n) is 7.89. The average Bonchev–Trinajstić information content (AvgIpc) is 2.61. The molecule has 0 bridgehead atoms. The maximum absolute atomic E-state index is 12.0. The minimum absolute atomic E-state index is 0.141. The Labute approximate surface area is 146 Å². The van der Waals surface area contributed by atoms with Crippen molar-refractivity contribution in [1.29, 1.82) is 0 Å². The summed E-state index contributed by atoms with van der Waals surface area (Å²) in [7, 11) is 1.61. The van der Waals surface area contributed by atoms with Crippen molar-refractivity contribution in [2.45, 2.75) is 33.4 Å². The van der Waals surface area contributed by atoms with E-state index in [0.29, 0.717) is 36.9 Å². The third kappa shape index (κ3) is 4.20. The van der Waals surface area contributed by atoms with Crippen LogP contribution in [0.5, 0.6) is 11.5 Å². The van der Waals surface area contributed by atoms with Gasteiger partial charge in [0.2, 0.25) is 0 Å². The Balaban J connectivity index is 2.14. The number of aryl methyl sites for hydroxylation is 1. The summed E-state index contributed by atoms with van der Waals surface area (Å²) in [5.74, 6) is 1.39. The zero-order valence-electron chi connectivity index (χ0n) is 14.1. The molecule has 0 aliphatic carbocycles. The maximum Gasteiger partial charge on any atom is 0.287 e. The summed E-state index contributed by atoms with van der Waals surface area (Å²) in [6, 6.07) is 5.70. The molecule has 130 valence electrons. The van der Waals surface area contributed by atoms with Crippen molar-refractivity contribution in [3.8, 4) is 11.5 Å². The lowest BCUT2D eigenvalue weighted by atomic mass is 10.2. The van der Waals surface area contributed by atoms with E-state index in [1.165, 1.54) is 4.68 Å². The van der Waals surface area contributed by atoms with Crippen LogP contribution >= 0.6 is 11.6 Å². The molecule has 1 aromatic heterocycles. The summed E-state index contributed by atoms with van der Waals surface area (Å²) < 4.78 is 12.3. The van der Waals surface area contributed by atoms with E-state index < -0.39 is 0 Å². The Kier molecular flexibility index (Phi) is 6.49. The molecular weight excluding hydrogens is 330 g/mol. The number of benzene rings is 1. The summed E-state index contributed by atoms with van der Waals surface area (Å²) >= 11 is 6.11. The van der Waals surface area contributed by atoms with Gasteiger partial charge in [-0.25, -0.2) is 4.68 Å². The van der Waals surface area contributed by atoms with Gasteiger partial charge >= 0.3 is 0 Å². The van der Waals surface area contributed by atoms with E-state index in [9.17, 15) is 4.79 Å². The van der Waals surface area contributed by atoms with Crippen LogP contribution < -0.4 is 20.3 Å². The van der Waals surface area contributed by atoms with Crippen molar-refractivity contribution in [3.05, 3.63) is 45.3 Å². The summed E-state index contributed by atoms with van der Waals surface area (Å²) in [6.07, 6.45) is 2.48. The van der Waals surface area contributed by atoms with Gasteiger partial charge in [-0.05, 0) is 31.0 Å². The molecule has 0 aliphatic rings. The summed E-state index contributed by atoms with van der Waals surface area (Å²) in [5, 5.41) is 7.35. The Hall–Kier alpha value is -2.21. The molecule has 2 rings (SSSR count). The van der Waals surface area contributed by atoms with E-state index in [4.69, 9.17) is 21.1 Å². The van der Waals surface area contributed by atoms with Crippen LogP contribution in [0.3, 0.4) is 0 Å². The highest BCUT2D eigenvalue weighted by atomic mass is 35.5. The highest BCUT2D eigenvalue weighted by molar-refractivity contribution is 6.32. The van der Waals surface area contributed by atoms with Gasteiger partial charge in [-0.3, -0.25) is 4.79 Å². The van der Waals surface area contributed by atoms with Crippen molar-refractivity contribution >= 4 is 17.3 Å². The first-order chi connectivity index (χ1) is 11.6. The Morgan fingerprint density at radius 2 is 2.08 bits per heavy atom. The van der Waals surface area contributed by atoms with E-state index in [-0.39, 0.29) is 10.6 Å². The molecule has 1 N–H and O–H groups in total. The second kappa shape index (κ2) is 8.59. The van der Waals surface area contributed by atoms with Gasteiger partial charge in [0.1, 0.15) is 5.02 Å². The number of hydrogen-bond donors (Lipinski definition) is 1. The predicted molar refractivity (Wildman–Crippen MR) is 95.3 cm³/mol. The zero-order chi connectivity index (χ0) is 17.5. The molecule has 0 atom stereocenters. The van der Waals surface area contributed by atoms with Gasteiger partial charge in [0, 0.05) is 13.1 Å². The number of aromatic nitrogens is 2. The molecule has 6 nitrogen and oxygen atoms in total. The lowest BCUT2D eigenvalue weighted by Crippen LogP contribution is -2.23. The minimum atomic E-state index is -0.300. The van der Waals surface area contributed by atoms with Crippen LogP contribution in [-0.4, -0.2) is 23.5 Å². The normalized spacial score (nSPS) is 10.5. The number of hydrogen-bond acceptors (Lipinski definition) is 5. The van der Waals surface area contributed by atoms with Crippen LogP contribution in [0, 0.1) is 0 Å². The molecule has 1 heterocycles. The van der Waals surface area contributed by atoms with Gasteiger partial charge in [-0.15, -0.1) is 0 Å². The average molecular weight is 352 g/mol. The SMILES string of the molecule is CCCOc1cc(CNc2cnn(CC)c(=O)c2Cl)ccc1OC. The van der Waals surface area contributed by atoms with E-state index in [2.05, 4.69) is 10.4 Å². The standard InChI is InChI=1S/C17H22ClN3O3/c1-4-8-24-15-9-12(6-7-14(15)23-3)10-19-13-11-20-21(5-2)17(22)16(13)18/h6-7,9,11,19H,4-5,8,10H2,1-3H3. The first kappa shape index (κ1) is 18.1. The van der Waals surface area contributed by atoms with Gasteiger partial charge in [0.15, 0.2) is 11.5 Å². The lowest BCUT2D eigenvalue weighted by molar-refractivity contribution is 0.294. The van der Waals surface area contributed by atoms with Crippen molar-refractivity contribution in [2.24, 2.45) is 0 Å². The highest BCUT2D eigenvalue weighted by Crippen LogP contribution is 2.28. The number of anilines is 1. The third-order valence-corrected chi connectivity index (χ3v) is 3.82. The molecule has 0 fully saturated rings. The number of nitrogens with zero attached hydrogens (tertiary/aromatic N) is 2. The summed E-state index contributed by atoms with van der Waals surface area (Å²) in [5.41, 5.74) is 1.20. The number of methoxy groups -OCH3 is 1. The smallest absolute Gasteiger partial charge is 0.287 e. The van der Waals surface area contributed by atoms with Crippen LogP contribution in [0.15, 0.2) is 29.2 Å². The fourth-order valence-corrected chi connectivity index (χ4v) is 2.38. The van der Waals surface area contributed by atoms with Gasteiger partial charge in [-0.1, -0.05) is 24.6 Å². The Bertz CT molecular complexity index is 746. The van der Waals surface area contributed by atoms with Crippen LogP contribution in [0.2, 0.25) is 5.02 Å². The van der Waals surface area contributed by atoms with E-state index in [1.54, 1.807) is 13.3 Å². The zero-order valence-corrected chi connectivity index (χ0v) is 14.9. The minimum Gasteiger partial charge on any atom is -0.493 e. The molecule has 7 heteroatoms. The fraction of sp³-hybridized carbons (Fsp3) is 0.412. The molecular formula is C17H22ClN3O3. The molecule has 0 radical (unpaired) electrons. The van der Waals surface area contributed by atoms with Crippen molar-refractivity contribution in [2.75, 3.05) is 19.0 Å². The molecule has 0 saturated heterocycles. The third-order valence-electron chi connectivity index (χ3n) is 3.46. The van der Waals surface area contributed by atoms with Gasteiger partial charge < -0.3 is 14.8 Å². The largest absolute Gasteiger partial charge is 0.493 e. The fourth-order valence-electron chi connectivity index (χ4n) is 2.17. The van der Waals surface area contributed by atoms with Crippen molar-refractivity contribution < 1.29 is 9.47 Å². The number of nitrogens with one attached hydrogen (secondary N) is 1. The molecule has 0 aliphatic heterocycles. The number of halogens is 1. The van der Waals surface area contributed by atoms with Crippen LogP contribution in [0.4, 0.5) is 5.69 Å².